The molecule has 0 N–H and O–H groups in total. The molecule has 0 saturated carbocycles. The number of carbonyl (C=O) groups is 1. The summed E-state index contributed by atoms with van der Waals surface area (Å²) in [5.41, 5.74) is 0.656. The third kappa shape index (κ3) is 4.47. The molecule has 1 aliphatic rings. The molecule has 22 heavy (non-hydrogen) atoms. The van der Waals surface area contributed by atoms with Crippen LogP contribution in [0, 0.1) is 5.92 Å². The predicted molar refractivity (Wildman–Crippen MR) is 87.9 cm³/mol. The maximum atomic E-state index is 12.6. The minimum atomic E-state index is 0.126. The largest absolute Gasteiger partial charge is 0.494 e. The maximum Gasteiger partial charge on any atom is 0.180 e. The molecule has 1 aliphatic heterocycles. The standard InChI is InChI=1S/C18H27NO3/c1-4-21-15-6-7-16(18(12-15)22-5-2)17(20)13-19-10-8-14(3)9-11-19/h6-7,12,14H,4-5,8-11,13H2,1-3H3. The Balaban J connectivity index is 2.07. The van der Waals surface area contributed by atoms with E-state index in [1.165, 1.54) is 12.8 Å². The van der Waals surface area contributed by atoms with E-state index in [0.29, 0.717) is 31.1 Å². The SMILES string of the molecule is CCOc1ccc(C(=O)CN2CCC(C)CC2)c(OCC)c1. The second-order valence-electron chi connectivity index (χ2n) is 5.91. The van der Waals surface area contributed by atoms with Crippen molar-refractivity contribution in [3.63, 3.8) is 0 Å². The van der Waals surface area contributed by atoms with Crippen molar-refractivity contribution in [3.05, 3.63) is 23.8 Å². The van der Waals surface area contributed by atoms with E-state index in [1.54, 1.807) is 0 Å². The summed E-state index contributed by atoms with van der Waals surface area (Å²) in [5.74, 6) is 2.27. The molecule has 0 spiro atoms. The first-order valence-electron chi connectivity index (χ1n) is 8.29. The molecule has 1 aromatic rings. The number of Topliss-reactive ketones (excluding diaryl/α,β-unsaturated/α-hetero) is 1. The van der Waals surface area contributed by atoms with Gasteiger partial charge in [0.2, 0.25) is 0 Å². The summed E-state index contributed by atoms with van der Waals surface area (Å²) in [7, 11) is 0. The van der Waals surface area contributed by atoms with Crippen LogP contribution in [0.4, 0.5) is 0 Å². The van der Waals surface area contributed by atoms with Crippen molar-refractivity contribution in [1.82, 2.24) is 4.90 Å². The third-order valence-corrected chi connectivity index (χ3v) is 4.11. The summed E-state index contributed by atoms with van der Waals surface area (Å²) in [6.07, 6.45) is 2.35. The summed E-state index contributed by atoms with van der Waals surface area (Å²) in [4.78, 5) is 14.8. The zero-order valence-corrected chi connectivity index (χ0v) is 13.9. The van der Waals surface area contributed by atoms with Crippen molar-refractivity contribution in [3.8, 4) is 11.5 Å². The number of ketones is 1. The van der Waals surface area contributed by atoms with Crippen LogP contribution < -0.4 is 9.47 Å². The molecule has 0 radical (unpaired) electrons. The van der Waals surface area contributed by atoms with E-state index >= 15 is 0 Å². The molecule has 1 heterocycles. The van der Waals surface area contributed by atoms with Gasteiger partial charge < -0.3 is 9.47 Å². The van der Waals surface area contributed by atoms with Crippen molar-refractivity contribution in [2.75, 3.05) is 32.8 Å². The summed E-state index contributed by atoms with van der Waals surface area (Å²) in [5, 5.41) is 0. The fraction of sp³-hybridized carbons (Fsp3) is 0.611. The molecule has 0 bridgehead atoms. The topological polar surface area (TPSA) is 38.8 Å². The Kier molecular flexibility index (Phi) is 6.25. The lowest BCUT2D eigenvalue weighted by Crippen LogP contribution is -2.36. The van der Waals surface area contributed by atoms with Crippen molar-refractivity contribution in [1.29, 1.82) is 0 Å². The molecule has 0 aromatic heterocycles. The first-order chi connectivity index (χ1) is 10.6. The number of hydrogen-bond donors (Lipinski definition) is 0. The summed E-state index contributed by atoms with van der Waals surface area (Å²) in [6, 6.07) is 5.49. The molecule has 122 valence electrons. The molecular weight excluding hydrogens is 278 g/mol. The van der Waals surface area contributed by atoms with Gasteiger partial charge in [-0.25, -0.2) is 0 Å². The van der Waals surface area contributed by atoms with Crippen LogP contribution in [0.15, 0.2) is 18.2 Å². The molecule has 4 heteroatoms. The van der Waals surface area contributed by atoms with Gasteiger partial charge in [-0.3, -0.25) is 9.69 Å². The van der Waals surface area contributed by atoms with Crippen LogP contribution in [0.1, 0.15) is 44.0 Å². The number of ether oxygens (including phenoxy) is 2. The lowest BCUT2D eigenvalue weighted by Gasteiger charge is -2.29. The highest BCUT2D eigenvalue weighted by Crippen LogP contribution is 2.26. The third-order valence-electron chi connectivity index (χ3n) is 4.11. The van der Waals surface area contributed by atoms with Gasteiger partial charge in [0.25, 0.3) is 0 Å². The second-order valence-corrected chi connectivity index (χ2v) is 5.91. The summed E-state index contributed by atoms with van der Waals surface area (Å²) < 4.78 is 11.1. The van der Waals surface area contributed by atoms with Gasteiger partial charge in [-0.15, -0.1) is 0 Å². The van der Waals surface area contributed by atoms with E-state index in [9.17, 15) is 4.79 Å². The Morgan fingerprint density at radius 2 is 1.86 bits per heavy atom. The van der Waals surface area contributed by atoms with E-state index in [1.807, 2.05) is 32.0 Å². The van der Waals surface area contributed by atoms with Gasteiger partial charge in [-0.2, -0.15) is 0 Å². The Bertz CT molecular complexity index is 493. The highest BCUT2D eigenvalue weighted by atomic mass is 16.5. The number of rotatable bonds is 7. The smallest absolute Gasteiger partial charge is 0.180 e. The predicted octanol–water partition coefficient (Wildman–Crippen LogP) is 3.40. The van der Waals surface area contributed by atoms with E-state index in [2.05, 4.69) is 11.8 Å². The van der Waals surface area contributed by atoms with Crippen LogP contribution in [-0.2, 0) is 0 Å². The average Bonchev–Trinajstić information content (AvgIpc) is 2.50. The van der Waals surface area contributed by atoms with Crippen LogP contribution >= 0.6 is 0 Å². The Labute approximate surface area is 133 Å². The van der Waals surface area contributed by atoms with E-state index in [-0.39, 0.29) is 5.78 Å². The number of carbonyl (C=O) groups excluding carboxylic acids is 1. The van der Waals surface area contributed by atoms with Crippen LogP contribution in [0.5, 0.6) is 11.5 Å². The number of hydrogen-bond acceptors (Lipinski definition) is 4. The number of benzene rings is 1. The molecular formula is C18H27NO3. The van der Waals surface area contributed by atoms with Gasteiger partial charge in [0.1, 0.15) is 11.5 Å². The van der Waals surface area contributed by atoms with Gasteiger partial charge in [0.05, 0.1) is 25.3 Å². The first kappa shape index (κ1) is 16.8. The lowest BCUT2D eigenvalue weighted by molar-refractivity contribution is 0.0896. The molecule has 4 nitrogen and oxygen atoms in total. The summed E-state index contributed by atoms with van der Waals surface area (Å²) >= 11 is 0. The zero-order valence-electron chi connectivity index (χ0n) is 13.9. The fourth-order valence-corrected chi connectivity index (χ4v) is 2.77. The molecule has 2 rings (SSSR count). The molecule has 0 unspecified atom stereocenters. The highest BCUT2D eigenvalue weighted by molar-refractivity contribution is 6.00. The van der Waals surface area contributed by atoms with Crippen molar-refractivity contribution in [2.45, 2.75) is 33.6 Å². The van der Waals surface area contributed by atoms with Crippen molar-refractivity contribution >= 4 is 5.78 Å². The maximum absolute atomic E-state index is 12.6. The molecule has 1 saturated heterocycles. The molecule has 0 aliphatic carbocycles. The molecule has 0 amide bonds. The summed E-state index contributed by atoms with van der Waals surface area (Å²) in [6.45, 7) is 9.77. The number of nitrogens with zero attached hydrogens (tertiary/aromatic N) is 1. The van der Waals surface area contributed by atoms with Gasteiger partial charge in [0, 0.05) is 6.07 Å². The van der Waals surface area contributed by atoms with Crippen LogP contribution in [-0.4, -0.2) is 43.5 Å². The minimum absolute atomic E-state index is 0.126. The second kappa shape index (κ2) is 8.18. The van der Waals surface area contributed by atoms with E-state index in [4.69, 9.17) is 9.47 Å². The number of likely N-dealkylation sites (tertiary alicyclic amines) is 1. The van der Waals surface area contributed by atoms with Gasteiger partial charge in [-0.05, 0) is 57.8 Å². The highest BCUT2D eigenvalue weighted by Gasteiger charge is 2.21. The van der Waals surface area contributed by atoms with Crippen molar-refractivity contribution in [2.24, 2.45) is 5.92 Å². The molecule has 1 aromatic carbocycles. The lowest BCUT2D eigenvalue weighted by atomic mass is 9.98. The van der Waals surface area contributed by atoms with Crippen LogP contribution in [0.3, 0.4) is 0 Å². The Morgan fingerprint density at radius 3 is 2.50 bits per heavy atom. The normalized spacial score (nSPS) is 16.5. The zero-order chi connectivity index (χ0) is 15.9. The van der Waals surface area contributed by atoms with E-state index in [0.717, 1.165) is 24.8 Å². The Hall–Kier alpha value is -1.55. The van der Waals surface area contributed by atoms with Crippen molar-refractivity contribution < 1.29 is 14.3 Å². The number of piperidine rings is 1. The van der Waals surface area contributed by atoms with Crippen LogP contribution in [0.25, 0.3) is 0 Å². The Morgan fingerprint density at radius 1 is 1.18 bits per heavy atom. The first-order valence-corrected chi connectivity index (χ1v) is 8.29. The van der Waals surface area contributed by atoms with E-state index < -0.39 is 0 Å². The average molecular weight is 305 g/mol. The van der Waals surface area contributed by atoms with Gasteiger partial charge >= 0.3 is 0 Å². The molecule has 1 fully saturated rings. The minimum Gasteiger partial charge on any atom is -0.494 e. The molecule has 0 atom stereocenters. The van der Waals surface area contributed by atoms with Crippen LogP contribution in [0.2, 0.25) is 0 Å². The van der Waals surface area contributed by atoms with Gasteiger partial charge in [-0.1, -0.05) is 6.92 Å². The van der Waals surface area contributed by atoms with Gasteiger partial charge in [0.15, 0.2) is 5.78 Å². The monoisotopic (exact) mass is 305 g/mol. The quantitative estimate of drug-likeness (QED) is 0.724. The fourth-order valence-electron chi connectivity index (χ4n) is 2.77.